The zero-order valence-corrected chi connectivity index (χ0v) is 8.95. The van der Waals surface area contributed by atoms with E-state index in [9.17, 15) is 4.39 Å². The monoisotopic (exact) mass is 233 g/mol. The van der Waals surface area contributed by atoms with Crippen molar-refractivity contribution in [1.82, 2.24) is 5.32 Å². The van der Waals surface area contributed by atoms with Gasteiger partial charge >= 0.3 is 0 Å². The van der Waals surface area contributed by atoms with Crippen LogP contribution in [0.25, 0.3) is 0 Å². The second-order valence-corrected chi connectivity index (χ2v) is 3.45. The van der Waals surface area contributed by atoms with Gasteiger partial charge in [-0.25, -0.2) is 4.39 Å². The van der Waals surface area contributed by atoms with Crippen LogP contribution in [0.15, 0.2) is 34.8 Å². The third-order valence-corrected chi connectivity index (χ3v) is 2.30. The van der Waals surface area contributed by atoms with Gasteiger partial charge in [0.25, 0.3) is 0 Å². The van der Waals surface area contributed by atoms with Crippen LogP contribution in [-0.2, 0) is 6.54 Å². The second kappa shape index (κ2) is 6.02. The lowest BCUT2D eigenvalue weighted by atomic mass is 10.2. The van der Waals surface area contributed by atoms with Crippen molar-refractivity contribution >= 4 is 23.2 Å². The highest BCUT2D eigenvalue weighted by atomic mass is 35.5. The third-order valence-electron chi connectivity index (χ3n) is 1.69. The molecule has 0 saturated heterocycles. The lowest BCUT2D eigenvalue weighted by Crippen LogP contribution is -2.15. The molecule has 4 heteroatoms. The van der Waals surface area contributed by atoms with Gasteiger partial charge in [0, 0.05) is 29.2 Å². The average Bonchev–Trinajstić information content (AvgIpc) is 2.20. The molecule has 0 aromatic heterocycles. The molecule has 0 saturated carbocycles. The van der Waals surface area contributed by atoms with Gasteiger partial charge in [0.05, 0.1) is 0 Å². The number of hydrogen-bond acceptors (Lipinski definition) is 1. The summed E-state index contributed by atoms with van der Waals surface area (Å²) in [6.45, 7) is 0.882. The first kappa shape index (κ1) is 11.5. The highest BCUT2D eigenvalue weighted by Gasteiger charge is 1.99. The minimum atomic E-state index is -0.217. The molecule has 1 rings (SSSR count). The molecule has 0 bridgehead atoms. The predicted molar refractivity (Wildman–Crippen MR) is 57.9 cm³/mol. The van der Waals surface area contributed by atoms with Crippen LogP contribution >= 0.6 is 23.2 Å². The van der Waals surface area contributed by atoms with Gasteiger partial charge < -0.3 is 5.32 Å². The summed E-state index contributed by atoms with van der Waals surface area (Å²) >= 11 is 11.0. The minimum absolute atomic E-state index is 0.217. The Kier molecular flexibility index (Phi) is 4.94. The summed E-state index contributed by atoms with van der Waals surface area (Å²) in [6, 6.07) is 6.60. The molecule has 0 aliphatic rings. The Bertz CT molecular complexity index is 326. The highest BCUT2D eigenvalue weighted by molar-refractivity contribution is 6.36. The molecule has 1 nitrogen and oxygen atoms in total. The zero-order chi connectivity index (χ0) is 10.4. The van der Waals surface area contributed by atoms with E-state index < -0.39 is 0 Å². The standard InChI is InChI=1S/C10H10Cl2FN/c11-5-9(12)7-14-6-8-3-1-2-4-10(8)13/h1-5,14H,6-7H2. The molecule has 0 amide bonds. The lowest BCUT2D eigenvalue weighted by molar-refractivity contribution is 0.596. The molecular formula is C10H10Cl2FN. The molecule has 0 spiro atoms. The largest absolute Gasteiger partial charge is 0.308 e. The van der Waals surface area contributed by atoms with Gasteiger partial charge in [0.1, 0.15) is 5.82 Å². The van der Waals surface area contributed by atoms with E-state index in [1.54, 1.807) is 18.2 Å². The van der Waals surface area contributed by atoms with Crippen molar-refractivity contribution in [2.45, 2.75) is 6.54 Å². The molecule has 0 fully saturated rings. The van der Waals surface area contributed by atoms with Crippen molar-refractivity contribution in [2.24, 2.45) is 0 Å². The van der Waals surface area contributed by atoms with E-state index in [-0.39, 0.29) is 5.82 Å². The van der Waals surface area contributed by atoms with Crippen molar-refractivity contribution in [1.29, 1.82) is 0 Å². The smallest absolute Gasteiger partial charge is 0.127 e. The van der Waals surface area contributed by atoms with E-state index >= 15 is 0 Å². The predicted octanol–water partition coefficient (Wildman–Crippen LogP) is 3.23. The van der Waals surface area contributed by atoms with Crippen LogP contribution in [0.4, 0.5) is 4.39 Å². The van der Waals surface area contributed by atoms with Gasteiger partial charge in [-0.05, 0) is 6.07 Å². The maximum atomic E-state index is 13.1. The number of benzene rings is 1. The molecular weight excluding hydrogens is 224 g/mol. The molecule has 76 valence electrons. The SMILES string of the molecule is Fc1ccccc1CNCC(Cl)=CCl. The van der Waals surface area contributed by atoms with Crippen molar-refractivity contribution in [2.75, 3.05) is 6.54 Å². The Morgan fingerprint density at radius 1 is 1.43 bits per heavy atom. The average molecular weight is 234 g/mol. The molecule has 0 heterocycles. The van der Waals surface area contributed by atoms with Crippen molar-refractivity contribution in [3.05, 3.63) is 46.2 Å². The van der Waals surface area contributed by atoms with Crippen LogP contribution in [0.2, 0.25) is 0 Å². The van der Waals surface area contributed by atoms with E-state index in [0.29, 0.717) is 23.7 Å². The maximum absolute atomic E-state index is 13.1. The summed E-state index contributed by atoms with van der Waals surface area (Å²) in [5, 5.41) is 3.47. The normalized spacial score (nSPS) is 11.8. The molecule has 0 unspecified atom stereocenters. The van der Waals surface area contributed by atoms with E-state index in [0.717, 1.165) is 0 Å². The first-order valence-corrected chi connectivity index (χ1v) is 4.94. The third kappa shape index (κ3) is 3.66. The van der Waals surface area contributed by atoms with Crippen LogP contribution < -0.4 is 5.32 Å². The van der Waals surface area contributed by atoms with Crippen LogP contribution in [0.1, 0.15) is 5.56 Å². The van der Waals surface area contributed by atoms with Gasteiger partial charge in [0.15, 0.2) is 0 Å². The van der Waals surface area contributed by atoms with Gasteiger partial charge in [-0.2, -0.15) is 0 Å². The van der Waals surface area contributed by atoms with Crippen LogP contribution in [0, 0.1) is 5.82 Å². The fraction of sp³-hybridized carbons (Fsp3) is 0.200. The van der Waals surface area contributed by atoms with Crippen LogP contribution in [0.5, 0.6) is 0 Å². The zero-order valence-electron chi connectivity index (χ0n) is 7.43. The van der Waals surface area contributed by atoms with Crippen LogP contribution in [0.3, 0.4) is 0 Å². The van der Waals surface area contributed by atoms with Gasteiger partial charge in [-0.3, -0.25) is 0 Å². The summed E-state index contributed by atoms with van der Waals surface area (Å²) in [6.07, 6.45) is 0. The number of rotatable bonds is 4. The van der Waals surface area contributed by atoms with E-state index in [2.05, 4.69) is 5.32 Å². The minimum Gasteiger partial charge on any atom is -0.308 e. The second-order valence-electron chi connectivity index (χ2n) is 2.75. The molecule has 14 heavy (non-hydrogen) atoms. The Labute approximate surface area is 92.5 Å². The summed E-state index contributed by atoms with van der Waals surface area (Å²) in [7, 11) is 0. The fourth-order valence-corrected chi connectivity index (χ4v) is 1.17. The van der Waals surface area contributed by atoms with Crippen LogP contribution in [-0.4, -0.2) is 6.54 Å². The first-order chi connectivity index (χ1) is 6.74. The summed E-state index contributed by atoms with van der Waals surface area (Å²) in [5.74, 6) is -0.217. The van der Waals surface area contributed by atoms with Gasteiger partial charge in [0.2, 0.25) is 0 Å². The van der Waals surface area contributed by atoms with Gasteiger partial charge in [-0.15, -0.1) is 0 Å². The topological polar surface area (TPSA) is 12.0 Å². The molecule has 0 atom stereocenters. The Morgan fingerprint density at radius 2 is 2.14 bits per heavy atom. The summed E-state index contributed by atoms with van der Waals surface area (Å²) in [4.78, 5) is 0. The molecule has 1 aromatic carbocycles. The van der Waals surface area contributed by atoms with E-state index in [1.807, 2.05) is 0 Å². The number of nitrogens with one attached hydrogen (secondary N) is 1. The molecule has 1 aromatic rings. The van der Waals surface area contributed by atoms with Crippen molar-refractivity contribution in [3.63, 3.8) is 0 Å². The number of hydrogen-bond donors (Lipinski definition) is 1. The summed E-state index contributed by atoms with van der Waals surface area (Å²) < 4.78 is 13.1. The molecule has 1 N–H and O–H groups in total. The quantitative estimate of drug-likeness (QED) is 0.843. The Morgan fingerprint density at radius 3 is 2.79 bits per heavy atom. The maximum Gasteiger partial charge on any atom is 0.127 e. The first-order valence-electron chi connectivity index (χ1n) is 4.13. The van der Waals surface area contributed by atoms with Crippen molar-refractivity contribution < 1.29 is 4.39 Å². The molecule has 0 aliphatic heterocycles. The fourth-order valence-electron chi connectivity index (χ4n) is 0.997. The Balaban J connectivity index is 2.43. The van der Waals surface area contributed by atoms with Gasteiger partial charge in [-0.1, -0.05) is 41.4 Å². The lowest BCUT2D eigenvalue weighted by Gasteiger charge is -2.04. The summed E-state index contributed by atoms with van der Waals surface area (Å²) in [5.41, 5.74) is 1.90. The number of halogens is 3. The molecule has 0 radical (unpaired) electrons. The van der Waals surface area contributed by atoms with E-state index in [4.69, 9.17) is 23.2 Å². The van der Waals surface area contributed by atoms with E-state index in [1.165, 1.54) is 11.6 Å². The highest BCUT2D eigenvalue weighted by Crippen LogP contribution is 2.06. The van der Waals surface area contributed by atoms with Crippen molar-refractivity contribution in [3.8, 4) is 0 Å². The Hall–Kier alpha value is -0.570. The molecule has 0 aliphatic carbocycles.